The summed E-state index contributed by atoms with van der Waals surface area (Å²) in [6, 6.07) is 5.90. The molecule has 0 saturated carbocycles. The van der Waals surface area contributed by atoms with Crippen molar-refractivity contribution in [2.24, 2.45) is 5.84 Å². The van der Waals surface area contributed by atoms with E-state index in [4.69, 9.17) is 17.4 Å². The molecule has 2 nitrogen and oxygen atoms in total. The van der Waals surface area contributed by atoms with Crippen LogP contribution in [0.1, 0.15) is 15.8 Å². The number of rotatable bonds is 3. The van der Waals surface area contributed by atoms with Crippen LogP contribution in [-0.4, -0.2) is 0 Å². The fraction of sp³-hybridized carbons (Fsp3) is 0.111. The first-order valence-electron chi connectivity index (χ1n) is 4.16. The van der Waals surface area contributed by atoms with Crippen LogP contribution in [0.5, 0.6) is 0 Å². The van der Waals surface area contributed by atoms with Gasteiger partial charge in [0, 0.05) is 14.2 Å². The monoisotopic (exact) mass is 322 g/mol. The molecular weight excluding hydrogens is 316 g/mol. The summed E-state index contributed by atoms with van der Waals surface area (Å²) in [4.78, 5) is 2.28. The van der Waals surface area contributed by atoms with Gasteiger partial charge in [-0.25, -0.2) is 5.43 Å². The summed E-state index contributed by atoms with van der Waals surface area (Å²) in [6.45, 7) is 0. The summed E-state index contributed by atoms with van der Waals surface area (Å²) in [5.74, 6) is 5.57. The van der Waals surface area contributed by atoms with E-state index in [9.17, 15) is 0 Å². The van der Waals surface area contributed by atoms with E-state index in [1.165, 1.54) is 11.3 Å². The SMILES string of the molecule is NNC(c1ccc(Cl)s1)c1sccc1Br. The van der Waals surface area contributed by atoms with Crippen molar-refractivity contribution >= 4 is 50.2 Å². The predicted molar refractivity (Wildman–Crippen MR) is 70.5 cm³/mol. The molecule has 0 aliphatic carbocycles. The van der Waals surface area contributed by atoms with Crippen molar-refractivity contribution in [3.05, 3.63) is 42.1 Å². The molecule has 2 aromatic rings. The second kappa shape index (κ2) is 4.95. The fourth-order valence-corrected chi connectivity index (χ4v) is 4.17. The minimum atomic E-state index is 0.0110. The maximum absolute atomic E-state index is 5.90. The highest BCUT2D eigenvalue weighted by Gasteiger charge is 2.18. The summed E-state index contributed by atoms with van der Waals surface area (Å²) >= 11 is 12.6. The van der Waals surface area contributed by atoms with E-state index in [0.29, 0.717) is 0 Å². The quantitative estimate of drug-likeness (QED) is 0.666. The Balaban J connectivity index is 2.36. The maximum atomic E-state index is 5.90. The topological polar surface area (TPSA) is 38.0 Å². The Morgan fingerprint density at radius 3 is 2.67 bits per heavy atom. The normalized spacial score (nSPS) is 13.0. The van der Waals surface area contributed by atoms with Gasteiger partial charge in [0.2, 0.25) is 0 Å². The molecule has 0 spiro atoms. The van der Waals surface area contributed by atoms with Gasteiger partial charge < -0.3 is 0 Å². The minimum absolute atomic E-state index is 0.0110. The molecule has 0 amide bonds. The molecular formula is C9H8BrClN2S2. The second-order valence-corrected chi connectivity index (χ2v) is 6.42. The Morgan fingerprint density at radius 2 is 2.20 bits per heavy atom. The van der Waals surface area contributed by atoms with Crippen molar-refractivity contribution in [3.63, 3.8) is 0 Å². The largest absolute Gasteiger partial charge is 0.271 e. The van der Waals surface area contributed by atoms with Crippen LogP contribution in [-0.2, 0) is 0 Å². The molecule has 0 radical (unpaired) electrons. The van der Waals surface area contributed by atoms with Crippen LogP contribution in [0.15, 0.2) is 28.1 Å². The van der Waals surface area contributed by atoms with Gasteiger partial charge in [-0.15, -0.1) is 22.7 Å². The lowest BCUT2D eigenvalue weighted by atomic mass is 10.2. The zero-order chi connectivity index (χ0) is 10.8. The minimum Gasteiger partial charge on any atom is -0.271 e. The van der Waals surface area contributed by atoms with E-state index in [-0.39, 0.29) is 6.04 Å². The van der Waals surface area contributed by atoms with Crippen LogP contribution in [0.3, 0.4) is 0 Å². The zero-order valence-electron chi connectivity index (χ0n) is 7.54. The third-order valence-electron chi connectivity index (χ3n) is 1.95. The van der Waals surface area contributed by atoms with Gasteiger partial charge in [-0.05, 0) is 39.5 Å². The summed E-state index contributed by atoms with van der Waals surface area (Å²) in [6.07, 6.45) is 0. The lowest BCUT2D eigenvalue weighted by Crippen LogP contribution is -2.27. The van der Waals surface area contributed by atoms with Crippen molar-refractivity contribution in [3.8, 4) is 0 Å². The average Bonchev–Trinajstić information content (AvgIpc) is 2.79. The molecule has 80 valence electrons. The first-order chi connectivity index (χ1) is 7.22. The molecule has 2 aromatic heterocycles. The van der Waals surface area contributed by atoms with E-state index in [1.54, 1.807) is 11.3 Å². The first-order valence-corrected chi connectivity index (χ1v) is 7.03. The van der Waals surface area contributed by atoms with Crippen LogP contribution in [0, 0.1) is 0 Å². The van der Waals surface area contributed by atoms with Crippen LogP contribution in [0.4, 0.5) is 0 Å². The molecule has 2 rings (SSSR count). The highest BCUT2D eigenvalue weighted by atomic mass is 79.9. The number of thiophene rings is 2. The first kappa shape index (κ1) is 11.6. The second-order valence-electron chi connectivity index (χ2n) is 2.87. The van der Waals surface area contributed by atoms with Crippen molar-refractivity contribution in [2.45, 2.75) is 6.04 Å². The molecule has 0 fully saturated rings. The van der Waals surface area contributed by atoms with Gasteiger partial charge in [0.15, 0.2) is 0 Å². The standard InChI is InChI=1S/C9H8BrClN2S2/c10-5-3-4-14-9(5)8(13-12)6-1-2-7(11)15-6/h1-4,8,13H,12H2. The third kappa shape index (κ3) is 2.43. The van der Waals surface area contributed by atoms with Crippen LogP contribution >= 0.6 is 50.2 Å². The van der Waals surface area contributed by atoms with Gasteiger partial charge in [0.1, 0.15) is 0 Å². The molecule has 1 atom stereocenters. The molecule has 0 bridgehead atoms. The third-order valence-corrected chi connectivity index (χ3v) is 5.18. The molecule has 0 aromatic carbocycles. The van der Waals surface area contributed by atoms with E-state index in [1.807, 2.05) is 23.6 Å². The average molecular weight is 324 g/mol. The lowest BCUT2D eigenvalue weighted by molar-refractivity contribution is 0.654. The van der Waals surface area contributed by atoms with Crippen molar-refractivity contribution in [2.75, 3.05) is 0 Å². The molecule has 1 unspecified atom stereocenters. The smallest absolute Gasteiger partial charge is 0.0931 e. The van der Waals surface area contributed by atoms with E-state index >= 15 is 0 Å². The number of hydrazine groups is 1. The number of nitrogens with one attached hydrogen (secondary N) is 1. The molecule has 6 heteroatoms. The maximum Gasteiger partial charge on any atom is 0.0931 e. The molecule has 0 aliphatic rings. The van der Waals surface area contributed by atoms with Crippen LogP contribution in [0.25, 0.3) is 0 Å². The molecule has 0 saturated heterocycles. The summed E-state index contributed by atoms with van der Waals surface area (Å²) in [7, 11) is 0. The predicted octanol–water partition coefficient (Wildman–Crippen LogP) is 3.78. The number of hydrogen-bond donors (Lipinski definition) is 2. The summed E-state index contributed by atoms with van der Waals surface area (Å²) in [5, 5.41) is 2.03. The van der Waals surface area contributed by atoms with Gasteiger partial charge >= 0.3 is 0 Å². The Bertz CT molecular complexity index is 454. The van der Waals surface area contributed by atoms with Crippen LogP contribution < -0.4 is 11.3 Å². The van der Waals surface area contributed by atoms with Gasteiger partial charge in [-0.3, -0.25) is 5.84 Å². The van der Waals surface area contributed by atoms with Gasteiger partial charge in [-0.1, -0.05) is 11.6 Å². The lowest BCUT2D eigenvalue weighted by Gasteiger charge is -2.12. The Kier molecular flexibility index (Phi) is 3.82. The summed E-state index contributed by atoms with van der Waals surface area (Å²) in [5.41, 5.74) is 2.81. The number of nitrogens with two attached hydrogens (primary N) is 1. The Morgan fingerprint density at radius 1 is 1.40 bits per heavy atom. The molecule has 15 heavy (non-hydrogen) atoms. The number of halogens is 2. The van der Waals surface area contributed by atoms with Crippen LogP contribution in [0.2, 0.25) is 4.34 Å². The van der Waals surface area contributed by atoms with Gasteiger partial charge in [-0.2, -0.15) is 0 Å². The van der Waals surface area contributed by atoms with E-state index in [2.05, 4.69) is 21.4 Å². The highest BCUT2D eigenvalue weighted by molar-refractivity contribution is 9.10. The molecule has 3 N–H and O–H groups in total. The van der Waals surface area contributed by atoms with Crippen molar-refractivity contribution < 1.29 is 0 Å². The Hall–Kier alpha value is 0.0900. The zero-order valence-corrected chi connectivity index (χ0v) is 11.5. The van der Waals surface area contributed by atoms with Crippen molar-refractivity contribution in [1.29, 1.82) is 0 Å². The Labute approximate surface area is 109 Å². The number of hydrogen-bond acceptors (Lipinski definition) is 4. The van der Waals surface area contributed by atoms with Crippen molar-refractivity contribution in [1.82, 2.24) is 5.43 Å². The molecule has 2 heterocycles. The molecule has 0 aliphatic heterocycles. The van der Waals surface area contributed by atoms with Gasteiger partial charge in [0.05, 0.1) is 10.4 Å². The fourth-order valence-electron chi connectivity index (χ4n) is 1.28. The highest BCUT2D eigenvalue weighted by Crippen LogP contribution is 2.36. The van der Waals surface area contributed by atoms with Gasteiger partial charge in [0.25, 0.3) is 0 Å². The van der Waals surface area contributed by atoms with E-state index in [0.717, 1.165) is 18.6 Å². The van der Waals surface area contributed by atoms with E-state index < -0.39 is 0 Å². The summed E-state index contributed by atoms with van der Waals surface area (Å²) < 4.78 is 1.85.